The van der Waals surface area contributed by atoms with Crippen LogP contribution in [0.3, 0.4) is 0 Å². The first-order valence-electron chi connectivity index (χ1n) is 7.20. The average molecular weight is 298 g/mol. The topological polar surface area (TPSA) is 69.9 Å². The van der Waals surface area contributed by atoms with Crippen LogP contribution in [0.25, 0.3) is 0 Å². The first-order valence-corrected chi connectivity index (χ1v) is 8.18. The molecule has 0 radical (unpaired) electrons. The molecular formula is C13H22N4O2S. The summed E-state index contributed by atoms with van der Waals surface area (Å²) in [5.74, 6) is 1.30. The Morgan fingerprint density at radius 3 is 3.00 bits per heavy atom. The highest BCUT2D eigenvalue weighted by molar-refractivity contribution is 7.99. The minimum Gasteiger partial charge on any atom is -0.469 e. The quantitative estimate of drug-likeness (QED) is 0.456. The summed E-state index contributed by atoms with van der Waals surface area (Å²) in [6, 6.07) is 0.418. The fourth-order valence-electron chi connectivity index (χ4n) is 2.63. The van der Waals surface area contributed by atoms with Crippen molar-refractivity contribution in [2.24, 2.45) is 5.92 Å². The van der Waals surface area contributed by atoms with Gasteiger partial charge in [-0.2, -0.15) is 0 Å². The van der Waals surface area contributed by atoms with Gasteiger partial charge in [-0.1, -0.05) is 31.5 Å². The molecule has 2 rings (SSSR count). The lowest BCUT2D eigenvalue weighted by Crippen LogP contribution is -2.22. The Morgan fingerprint density at radius 1 is 1.45 bits per heavy atom. The maximum atomic E-state index is 11.1. The number of esters is 1. The lowest BCUT2D eigenvalue weighted by atomic mass is 9.86. The van der Waals surface area contributed by atoms with Crippen LogP contribution in [-0.4, -0.2) is 39.0 Å². The van der Waals surface area contributed by atoms with Gasteiger partial charge in [0.15, 0.2) is 0 Å². The average Bonchev–Trinajstić information content (AvgIpc) is 2.92. The molecule has 20 heavy (non-hydrogen) atoms. The summed E-state index contributed by atoms with van der Waals surface area (Å²) in [5.41, 5.74) is 0. The fraction of sp³-hybridized carbons (Fsp3) is 0.846. The molecule has 0 amide bonds. The number of aromatic nitrogens is 4. The van der Waals surface area contributed by atoms with Crippen LogP contribution in [-0.2, 0) is 9.53 Å². The molecule has 7 heteroatoms. The summed E-state index contributed by atoms with van der Waals surface area (Å²) in [6.07, 6.45) is 6.19. The van der Waals surface area contributed by atoms with Crippen LogP contribution in [0.5, 0.6) is 0 Å². The van der Waals surface area contributed by atoms with E-state index >= 15 is 0 Å². The number of ether oxygens (including phenoxy) is 1. The maximum Gasteiger partial charge on any atom is 0.305 e. The summed E-state index contributed by atoms with van der Waals surface area (Å²) in [6.45, 7) is 2.28. The van der Waals surface area contributed by atoms with Gasteiger partial charge in [0.1, 0.15) is 0 Å². The SMILES string of the molecule is COC(=O)CCCSc1nnnn1C1CCCCC1C. The summed E-state index contributed by atoms with van der Waals surface area (Å²) >= 11 is 1.62. The molecule has 1 heterocycles. The molecule has 1 aliphatic carbocycles. The van der Waals surface area contributed by atoms with Crippen LogP contribution < -0.4 is 0 Å². The van der Waals surface area contributed by atoms with Crippen molar-refractivity contribution in [3.63, 3.8) is 0 Å². The number of carbonyl (C=O) groups excluding carboxylic acids is 1. The summed E-state index contributed by atoms with van der Waals surface area (Å²) in [4.78, 5) is 11.1. The predicted molar refractivity (Wildman–Crippen MR) is 76.5 cm³/mol. The van der Waals surface area contributed by atoms with Crippen molar-refractivity contribution in [3.05, 3.63) is 0 Å². The second-order valence-corrected chi connectivity index (χ2v) is 6.33. The smallest absolute Gasteiger partial charge is 0.305 e. The highest BCUT2D eigenvalue weighted by atomic mass is 32.2. The maximum absolute atomic E-state index is 11.1. The second-order valence-electron chi connectivity index (χ2n) is 5.26. The molecule has 0 aliphatic heterocycles. The van der Waals surface area contributed by atoms with Gasteiger partial charge in [0.25, 0.3) is 0 Å². The fourth-order valence-corrected chi connectivity index (χ4v) is 3.50. The van der Waals surface area contributed by atoms with Gasteiger partial charge in [0.05, 0.1) is 13.2 Å². The standard InChI is InChI=1S/C13H22N4O2S/c1-10-6-3-4-7-11(10)17-13(14-15-16-17)20-9-5-8-12(18)19-2/h10-11H,3-9H2,1-2H3. The lowest BCUT2D eigenvalue weighted by Gasteiger charge is -2.28. The second kappa shape index (κ2) is 7.61. The van der Waals surface area contributed by atoms with E-state index in [9.17, 15) is 4.79 Å². The Bertz CT molecular complexity index is 438. The normalized spacial score (nSPS) is 22.7. The highest BCUT2D eigenvalue weighted by Gasteiger charge is 2.26. The first-order chi connectivity index (χ1) is 9.72. The molecule has 112 valence electrons. The van der Waals surface area contributed by atoms with E-state index in [2.05, 4.69) is 27.2 Å². The number of rotatable bonds is 6. The third-order valence-corrected chi connectivity index (χ3v) is 4.85. The molecule has 0 bridgehead atoms. The molecule has 0 spiro atoms. The number of methoxy groups -OCH3 is 1. The van der Waals surface area contributed by atoms with Crippen molar-refractivity contribution < 1.29 is 9.53 Å². The van der Waals surface area contributed by atoms with Gasteiger partial charge in [-0.05, 0) is 35.6 Å². The van der Waals surface area contributed by atoms with Crippen molar-refractivity contribution in [2.75, 3.05) is 12.9 Å². The third-order valence-electron chi connectivity index (χ3n) is 3.83. The predicted octanol–water partition coefficient (Wildman–Crippen LogP) is 2.47. The minimum atomic E-state index is -0.161. The van der Waals surface area contributed by atoms with Gasteiger partial charge in [0.2, 0.25) is 5.16 Å². The van der Waals surface area contributed by atoms with Gasteiger partial charge < -0.3 is 4.74 Å². The Kier molecular flexibility index (Phi) is 5.82. The molecule has 2 atom stereocenters. The van der Waals surface area contributed by atoms with E-state index in [4.69, 9.17) is 0 Å². The van der Waals surface area contributed by atoms with Gasteiger partial charge in [-0.15, -0.1) is 5.10 Å². The van der Waals surface area contributed by atoms with Gasteiger partial charge in [-0.25, -0.2) is 4.68 Å². The zero-order valence-electron chi connectivity index (χ0n) is 12.1. The van der Waals surface area contributed by atoms with Crippen molar-refractivity contribution in [1.82, 2.24) is 20.2 Å². The first kappa shape index (κ1) is 15.3. The third kappa shape index (κ3) is 3.94. The largest absolute Gasteiger partial charge is 0.469 e. The zero-order valence-corrected chi connectivity index (χ0v) is 12.9. The van der Waals surface area contributed by atoms with E-state index in [1.165, 1.54) is 26.4 Å². The Labute approximate surface area is 123 Å². The number of hydrogen-bond acceptors (Lipinski definition) is 6. The summed E-state index contributed by atoms with van der Waals surface area (Å²) in [7, 11) is 1.42. The van der Waals surface area contributed by atoms with Crippen LogP contribution in [0.15, 0.2) is 5.16 Å². The minimum absolute atomic E-state index is 0.161. The van der Waals surface area contributed by atoms with Gasteiger partial charge in [0, 0.05) is 12.2 Å². The summed E-state index contributed by atoms with van der Waals surface area (Å²) in [5, 5.41) is 13.0. The van der Waals surface area contributed by atoms with Gasteiger partial charge >= 0.3 is 5.97 Å². The Morgan fingerprint density at radius 2 is 2.25 bits per heavy atom. The summed E-state index contributed by atoms with van der Waals surface area (Å²) < 4.78 is 6.61. The van der Waals surface area contributed by atoms with E-state index in [-0.39, 0.29) is 5.97 Å². The molecule has 1 aliphatic rings. The lowest BCUT2D eigenvalue weighted by molar-refractivity contribution is -0.140. The number of hydrogen-bond donors (Lipinski definition) is 0. The van der Waals surface area contributed by atoms with Crippen molar-refractivity contribution in [3.8, 4) is 0 Å². The Hall–Kier alpha value is -1.11. The molecule has 0 aromatic carbocycles. The Balaban J connectivity index is 1.86. The van der Waals surface area contributed by atoms with Crippen LogP contribution in [0.4, 0.5) is 0 Å². The van der Waals surface area contributed by atoms with E-state index in [1.54, 1.807) is 11.8 Å². The molecule has 1 fully saturated rings. The highest BCUT2D eigenvalue weighted by Crippen LogP contribution is 2.34. The van der Waals surface area contributed by atoms with Crippen LogP contribution in [0.2, 0.25) is 0 Å². The van der Waals surface area contributed by atoms with Crippen molar-refractivity contribution in [1.29, 1.82) is 0 Å². The number of nitrogens with zero attached hydrogens (tertiary/aromatic N) is 4. The molecule has 1 saturated carbocycles. The van der Waals surface area contributed by atoms with E-state index in [0.29, 0.717) is 18.4 Å². The molecule has 0 N–H and O–H groups in total. The zero-order chi connectivity index (χ0) is 14.4. The number of thioether (sulfide) groups is 1. The van der Waals surface area contributed by atoms with E-state index < -0.39 is 0 Å². The number of carbonyl (C=O) groups is 1. The van der Waals surface area contributed by atoms with Crippen molar-refractivity contribution >= 4 is 17.7 Å². The monoisotopic (exact) mass is 298 g/mol. The van der Waals surface area contributed by atoms with Crippen molar-refractivity contribution in [2.45, 2.75) is 56.6 Å². The number of tetrazole rings is 1. The van der Waals surface area contributed by atoms with E-state index in [0.717, 1.165) is 23.8 Å². The van der Waals surface area contributed by atoms with Crippen LogP contribution in [0, 0.1) is 5.92 Å². The molecule has 1 aromatic rings. The van der Waals surface area contributed by atoms with Crippen LogP contribution in [0.1, 0.15) is 51.5 Å². The van der Waals surface area contributed by atoms with Crippen LogP contribution >= 0.6 is 11.8 Å². The molecule has 6 nitrogen and oxygen atoms in total. The molecule has 1 aromatic heterocycles. The molecule has 0 saturated heterocycles. The molecule has 2 unspecified atom stereocenters. The van der Waals surface area contributed by atoms with E-state index in [1.807, 2.05) is 4.68 Å². The van der Waals surface area contributed by atoms with Gasteiger partial charge in [-0.3, -0.25) is 4.79 Å². The molecular weight excluding hydrogens is 276 g/mol.